The average molecular weight is 204 g/mol. The van der Waals surface area contributed by atoms with Crippen molar-refractivity contribution >= 4 is 0 Å². The second-order valence-corrected chi connectivity index (χ2v) is 4.50. The SMILES string of the molecule is CC1CCCC(c2ccc(CN)cc2)N1. The lowest BCUT2D eigenvalue weighted by Crippen LogP contribution is -2.34. The third-order valence-electron chi connectivity index (χ3n) is 3.23. The van der Waals surface area contributed by atoms with E-state index in [0.717, 1.165) is 0 Å². The van der Waals surface area contributed by atoms with Crippen LogP contribution in [0.15, 0.2) is 24.3 Å². The van der Waals surface area contributed by atoms with Crippen molar-refractivity contribution in [2.75, 3.05) is 0 Å². The second kappa shape index (κ2) is 4.77. The molecule has 0 saturated carbocycles. The van der Waals surface area contributed by atoms with Crippen LogP contribution in [0.4, 0.5) is 0 Å². The molecule has 1 saturated heterocycles. The van der Waals surface area contributed by atoms with E-state index in [-0.39, 0.29) is 0 Å². The van der Waals surface area contributed by atoms with Crippen molar-refractivity contribution in [3.05, 3.63) is 35.4 Å². The standard InChI is InChI=1S/C13H20N2/c1-10-3-2-4-13(15-10)12-7-5-11(9-14)6-8-12/h5-8,10,13,15H,2-4,9,14H2,1H3. The van der Waals surface area contributed by atoms with Crippen molar-refractivity contribution in [2.45, 2.75) is 44.8 Å². The minimum Gasteiger partial charge on any atom is -0.326 e. The summed E-state index contributed by atoms with van der Waals surface area (Å²) in [7, 11) is 0. The maximum absolute atomic E-state index is 5.58. The van der Waals surface area contributed by atoms with E-state index in [4.69, 9.17) is 5.73 Å². The van der Waals surface area contributed by atoms with E-state index in [0.29, 0.717) is 18.6 Å². The molecule has 1 fully saturated rings. The molecule has 1 heterocycles. The van der Waals surface area contributed by atoms with Gasteiger partial charge in [-0.15, -0.1) is 0 Å². The highest BCUT2D eigenvalue weighted by molar-refractivity contribution is 5.25. The van der Waals surface area contributed by atoms with Gasteiger partial charge in [0, 0.05) is 18.6 Å². The van der Waals surface area contributed by atoms with Gasteiger partial charge in [0.2, 0.25) is 0 Å². The average Bonchev–Trinajstić information content (AvgIpc) is 2.29. The summed E-state index contributed by atoms with van der Waals surface area (Å²) < 4.78 is 0. The fraction of sp³-hybridized carbons (Fsp3) is 0.538. The van der Waals surface area contributed by atoms with Crippen LogP contribution in [0.3, 0.4) is 0 Å². The molecule has 2 unspecified atom stereocenters. The number of nitrogens with two attached hydrogens (primary N) is 1. The van der Waals surface area contributed by atoms with E-state index in [1.165, 1.54) is 30.4 Å². The predicted octanol–water partition coefficient (Wildman–Crippen LogP) is 2.35. The number of piperidine rings is 1. The zero-order valence-corrected chi connectivity index (χ0v) is 9.37. The molecule has 0 aliphatic carbocycles. The molecule has 1 aromatic rings. The summed E-state index contributed by atoms with van der Waals surface area (Å²) in [5.74, 6) is 0. The lowest BCUT2D eigenvalue weighted by molar-refractivity contribution is 0.341. The van der Waals surface area contributed by atoms with Crippen LogP contribution in [0.1, 0.15) is 43.4 Å². The van der Waals surface area contributed by atoms with E-state index in [1.54, 1.807) is 0 Å². The number of hydrogen-bond acceptors (Lipinski definition) is 2. The van der Waals surface area contributed by atoms with Gasteiger partial charge in [-0.25, -0.2) is 0 Å². The number of nitrogens with one attached hydrogen (secondary N) is 1. The monoisotopic (exact) mass is 204 g/mol. The van der Waals surface area contributed by atoms with Gasteiger partial charge in [-0.05, 0) is 30.9 Å². The molecular formula is C13H20N2. The zero-order valence-electron chi connectivity index (χ0n) is 9.37. The minimum absolute atomic E-state index is 0.542. The van der Waals surface area contributed by atoms with E-state index < -0.39 is 0 Å². The number of rotatable bonds is 2. The first kappa shape index (κ1) is 10.7. The molecule has 1 aliphatic heterocycles. The largest absolute Gasteiger partial charge is 0.326 e. The topological polar surface area (TPSA) is 38.0 Å². The Kier molecular flexibility index (Phi) is 3.39. The van der Waals surface area contributed by atoms with Crippen molar-refractivity contribution in [3.63, 3.8) is 0 Å². The fourth-order valence-electron chi connectivity index (χ4n) is 2.29. The molecule has 15 heavy (non-hydrogen) atoms. The van der Waals surface area contributed by atoms with Gasteiger partial charge in [0.05, 0.1) is 0 Å². The molecule has 2 atom stereocenters. The third kappa shape index (κ3) is 2.58. The Balaban J connectivity index is 2.07. The summed E-state index contributed by atoms with van der Waals surface area (Å²) in [6.45, 7) is 2.90. The van der Waals surface area contributed by atoms with Gasteiger partial charge in [-0.2, -0.15) is 0 Å². The highest BCUT2D eigenvalue weighted by Gasteiger charge is 2.18. The van der Waals surface area contributed by atoms with Crippen molar-refractivity contribution < 1.29 is 0 Å². The van der Waals surface area contributed by atoms with Crippen LogP contribution in [-0.4, -0.2) is 6.04 Å². The maximum Gasteiger partial charge on any atom is 0.0322 e. The summed E-state index contributed by atoms with van der Waals surface area (Å²) in [6.07, 6.45) is 3.89. The molecule has 2 heteroatoms. The summed E-state index contributed by atoms with van der Waals surface area (Å²) in [6, 6.07) is 9.88. The molecule has 0 aromatic heterocycles. The lowest BCUT2D eigenvalue weighted by Gasteiger charge is -2.29. The zero-order chi connectivity index (χ0) is 10.7. The van der Waals surface area contributed by atoms with Gasteiger partial charge < -0.3 is 11.1 Å². The van der Waals surface area contributed by atoms with Gasteiger partial charge in [0.1, 0.15) is 0 Å². The quantitative estimate of drug-likeness (QED) is 0.776. The Hall–Kier alpha value is -0.860. The van der Waals surface area contributed by atoms with Crippen LogP contribution in [0, 0.1) is 0 Å². The highest BCUT2D eigenvalue weighted by atomic mass is 15.0. The molecule has 0 spiro atoms. The minimum atomic E-state index is 0.542. The first-order valence-corrected chi connectivity index (χ1v) is 5.84. The van der Waals surface area contributed by atoms with Crippen molar-refractivity contribution in [2.24, 2.45) is 5.73 Å². The smallest absolute Gasteiger partial charge is 0.0322 e. The molecule has 0 bridgehead atoms. The summed E-state index contributed by atoms with van der Waals surface area (Å²) in [5, 5.41) is 3.64. The Morgan fingerprint density at radius 2 is 2.00 bits per heavy atom. The van der Waals surface area contributed by atoms with Gasteiger partial charge in [-0.1, -0.05) is 30.7 Å². The van der Waals surface area contributed by atoms with E-state index in [9.17, 15) is 0 Å². The van der Waals surface area contributed by atoms with E-state index in [1.807, 2.05) is 0 Å². The van der Waals surface area contributed by atoms with E-state index in [2.05, 4.69) is 36.5 Å². The Morgan fingerprint density at radius 1 is 1.27 bits per heavy atom. The molecule has 2 rings (SSSR count). The molecule has 0 radical (unpaired) electrons. The third-order valence-corrected chi connectivity index (χ3v) is 3.23. The van der Waals surface area contributed by atoms with Crippen LogP contribution in [0.2, 0.25) is 0 Å². The molecule has 3 N–H and O–H groups in total. The van der Waals surface area contributed by atoms with Crippen LogP contribution in [0.5, 0.6) is 0 Å². The normalized spacial score (nSPS) is 26.5. The van der Waals surface area contributed by atoms with Gasteiger partial charge >= 0.3 is 0 Å². The summed E-state index contributed by atoms with van der Waals surface area (Å²) in [5.41, 5.74) is 8.20. The number of benzene rings is 1. The Labute approximate surface area is 91.9 Å². The Bertz CT molecular complexity index is 305. The molecule has 1 aromatic carbocycles. The molecule has 0 amide bonds. The van der Waals surface area contributed by atoms with Crippen molar-refractivity contribution in [1.82, 2.24) is 5.32 Å². The van der Waals surface area contributed by atoms with Crippen molar-refractivity contribution in [3.8, 4) is 0 Å². The number of hydrogen-bond donors (Lipinski definition) is 2. The Morgan fingerprint density at radius 3 is 2.60 bits per heavy atom. The molecule has 82 valence electrons. The lowest BCUT2D eigenvalue weighted by atomic mass is 9.93. The molecular weight excluding hydrogens is 184 g/mol. The van der Waals surface area contributed by atoms with Crippen LogP contribution in [-0.2, 0) is 6.54 Å². The van der Waals surface area contributed by atoms with Crippen LogP contribution >= 0.6 is 0 Å². The van der Waals surface area contributed by atoms with Gasteiger partial charge in [0.15, 0.2) is 0 Å². The van der Waals surface area contributed by atoms with Crippen molar-refractivity contribution in [1.29, 1.82) is 0 Å². The van der Waals surface area contributed by atoms with Crippen LogP contribution < -0.4 is 11.1 Å². The summed E-state index contributed by atoms with van der Waals surface area (Å²) in [4.78, 5) is 0. The first-order chi connectivity index (χ1) is 7.29. The summed E-state index contributed by atoms with van der Waals surface area (Å²) >= 11 is 0. The predicted molar refractivity (Wildman–Crippen MR) is 63.5 cm³/mol. The molecule has 1 aliphatic rings. The molecule has 2 nitrogen and oxygen atoms in total. The first-order valence-electron chi connectivity index (χ1n) is 5.84. The van der Waals surface area contributed by atoms with Gasteiger partial charge in [0.25, 0.3) is 0 Å². The van der Waals surface area contributed by atoms with E-state index >= 15 is 0 Å². The highest BCUT2D eigenvalue weighted by Crippen LogP contribution is 2.25. The van der Waals surface area contributed by atoms with Crippen LogP contribution in [0.25, 0.3) is 0 Å². The second-order valence-electron chi connectivity index (χ2n) is 4.50. The maximum atomic E-state index is 5.58. The van der Waals surface area contributed by atoms with Gasteiger partial charge in [-0.3, -0.25) is 0 Å². The fourth-order valence-corrected chi connectivity index (χ4v) is 2.29.